The van der Waals surface area contributed by atoms with Crippen molar-refractivity contribution in [1.29, 1.82) is 0 Å². The number of rotatable bonds is 4. The van der Waals surface area contributed by atoms with Crippen molar-refractivity contribution in [2.24, 2.45) is 0 Å². The number of halogens is 1. The summed E-state index contributed by atoms with van der Waals surface area (Å²) >= 11 is 6.05. The van der Waals surface area contributed by atoms with Crippen molar-refractivity contribution in [3.8, 4) is 23.0 Å². The molecule has 5 rings (SSSR count). The predicted octanol–water partition coefficient (Wildman–Crippen LogP) is 4.66. The summed E-state index contributed by atoms with van der Waals surface area (Å²) < 4.78 is 10.9. The smallest absolute Gasteiger partial charge is 0.258 e. The van der Waals surface area contributed by atoms with Crippen LogP contribution < -0.4 is 5.32 Å². The average molecular weight is 409 g/mol. The maximum atomic E-state index is 12.3. The Hall–Kier alpha value is -3.16. The van der Waals surface area contributed by atoms with Crippen LogP contribution >= 0.6 is 11.6 Å². The number of nitrogens with one attached hydrogen (secondary N) is 2. The van der Waals surface area contributed by atoms with Crippen LogP contribution in [0.4, 0.5) is 5.69 Å². The van der Waals surface area contributed by atoms with Gasteiger partial charge in [0.15, 0.2) is 0 Å². The Morgan fingerprint density at radius 3 is 3.00 bits per heavy atom. The van der Waals surface area contributed by atoms with Crippen molar-refractivity contribution in [2.75, 3.05) is 11.9 Å². The number of aromatic nitrogens is 3. The SMILES string of the molecule is O=C(Nc1cccc(-c2nc(-c3cc4cc(Cl)ccc4[nH]3)no2)c1)C1CCCO1. The van der Waals surface area contributed by atoms with Crippen molar-refractivity contribution in [3.63, 3.8) is 0 Å². The molecule has 29 heavy (non-hydrogen) atoms. The lowest BCUT2D eigenvalue weighted by Gasteiger charge is -2.10. The summed E-state index contributed by atoms with van der Waals surface area (Å²) in [7, 11) is 0. The first kappa shape index (κ1) is 17.9. The Morgan fingerprint density at radius 1 is 1.21 bits per heavy atom. The Bertz CT molecular complexity index is 1190. The summed E-state index contributed by atoms with van der Waals surface area (Å²) in [5.41, 5.74) is 3.05. The lowest BCUT2D eigenvalue weighted by atomic mass is 10.2. The highest BCUT2D eigenvalue weighted by Gasteiger charge is 2.23. The highest BCUT2D eigenvalue weighted by molar-refractivity contribution is 6.31. The van der Waals surface area contributed by atoms with Crippen molar-refractivity contribution < 1.29 is 14.1 Å². The zero-order chi connectivity index (χ0) is 19.8. The van der Waals surface area contributed by atoms with Crippen LogP contribution in [-0.2, 0) is 9.53 Å². The summed E-state index contributed by atoms with van der Waals surface area (Å²) in [6.45, 7) is 0.628. The van der Waals surface area contributed by atoms with Crippen LogP contribution in [0.1, 0.15) is 12.8 Å². The Kier molecular flexibility index (Phi) is 4.54. The standard InChI is InChI=1S/C21H17ClN4O3/c22-14-6-7-16-13(9-14)11-17(24-16)19-25-21(29-26-19)12-3-1-4-15(10-12)23-20(27)18-5-2-8-28-18/h1,3-4,6-7,9-11,18,24H,2,5,8H2,(H,23,27). The molecule has 1 unspecified atom stereocenters. The summed E-state index contributed by atoms with van der Waals surface area (Å²) in [5.74, 6) is 0.675. The molecule has 0 bridgehead atoms. The van der Waals surface area contributed by atoms with Gasteiger partial charge in [-0.25, -0.2) is 0 Å². The molecule has 8 heteroatoms. The van der Waals surface area contributed by atoms with E-state index in [0.29, 0.717) is 34.6 Å². The highest BCUT2D eigenvalue weighted by Crippen LogP contribution is 2.27. The van der Waals surface area contributed by atoms with Gasteiger partial charge in [0, 0.05) is 33.8 Å². The van der Waals surface area contributed by atoms with E-state index in [0.717, 1.165) is 29.4 Å². The van der Waals surface area contributed by atoms with E-state index in [1.54, 1.807) is 6.07 Å². The van der Waals surface area contributed by atoms with Crippen LogP contribution in [0.25, 0.3) is 33.9 Å². The number of nitrogens with zero attached hydrogens (tertiary/aromatic N) is 2. The van der Waals surface area contributed by atoms with Gasteiger partial charge in [0.2, 0.25) is 5.82 Å². The van der Waals surface area contributed by atoms with Crippen LogP contribution in [0.5, 0.6) is 0 Å². The number of amides is 1. The third kappa shape index (κ3) is 3.62. The van der Waals surface area contributed by atoms with Crippen LogP contribution in [0, 0.1) is 0 Å². The maximum absolute atomic E-state index is 12.3. The average Bonchev–Trinajstić information content (AvgIpc) is 3.47. The Balaban J connectivity index is 1.39. The molecule has 1 atom stereocenters. The van der Waals surface area contributed by atoms with Crippen LogP contribution in [0.3, 0.4) is 0 Å². The zero-order valence-electron chi connectivity index (χ0n) is 15.3. The molecule has 0 aliphatic carbocycles. The molecule has 1 aliphatic heterocycles. The van der Waals surface area contributed by atoms with E-state index < -0.39 is 0 Å². The minimum Gasteiger partial charge on any atom is -0.368 e. The van der Waals surface area contributed by atoms with Gasteiger partial charge >= 0.3 is 0 Å². The molecule has 146 valence electrons. The fraction of sp³-hybridized carbons (Fsp3) is 0.190. The molecular formula is C21H17ClN4O3. The second-order valence-electron chi connectivity index (χ2n) is 6.91. The van der Waals surface area contributed by atoms with Crippen LogP contribution in [0.2, 0.25) is 5.02 Å². The number of carbonyl (C=O) groups excluding carboxylic acids is 1. The van der Waals surface area contributed by atoms with E-state index in [9.17, 15) is 4.79 Å². The third-order valence-electron chi connectivity index (χ3n) is 4.85. The summed E-state index contributed by atoms with van der Waals surface area (Å²) in [6, 6.07) is 14.8. The first-order chi connectivity index (χ1) is 14.2. The molecule has 1 aliphatic rings. The minimum atomic E-state index is -0.385. The molecule has 2 N–H and O–H groups in total. The van der Waals surface area contributed by atoms with E-state index >= 15 is 0 Å². The van der Waals surface area contributed by atoms with Gasteiger partial charge in [-0.15, -0.1) is 0 Å². The number of fused-ring (bicyclic) bond motifs is 1. The van der Waals surface area contributed by atoms with E-state index in [1.807, 2.05) is 42.5 Å². The summed E-state index contributed by atoms with van der Waals surface area (Å²) in [5, 5.41) is 8.60. The minimum absolute atomic E-state index is 0.136. The number of benzene rings is 2. The van der Waals surface area contributed by atoms with E-state index in [2.05, 4.69) is 20.4 Å². The molecular weight excluding hydrogens is 392 g/mol. The second-order valence-corrected chi connectivity index (χ2v) is 7.35. The second kappa shape index (κ2) is 7.35. The number of anilines is 1. The number of H-pyrrole nitrogens is 1. The van der Waals surface area contributed by atoms with Crippen LogP contribution in [0.15, 0.2) is 53.1 Å². The fourth-order valence-electron chi connectivity index (χ4n) is 3.41. The van der Waals surface area contributed by atoms with Gasteiger partial charge in [-0.3, -0.25) is 4.79 Å². The highest BCUT2D eigenvalue weighted by atomic mass is 35.5. The summed E-state index contributed by atoms with van der Waals surface area (Å²) in [4.78, 5) is 20.0. The molecule has 1 amide bonds. The monoisotopic (exact) mass is 408 g/mol. The molecule has 1 saturated heterocycles. The quantitative estimate of drug-likeness (QED) is 0.512. The van der Waals surface area contributed by atoms with Gasteiger partial charge in [-0.2, -0.15) is 4.98 Å². The van der Waals surface area contributed by atoms with Gasteiger partial charge < -0.3 is 19.6 Å². The molecule has 7 nitrogen and oxygen atoms in total. The van der Waals surface area contributed by atoms with E-state index in [4.69, 9.17) is 20.9 Å². The summed E-state index contributed by atoms with van der Waals surface area (Å²) in [6.07, 6.45) is 1.26. The van der Waals surface area contributed by atoms with Gasteiger partial charge in [0.05, 0.1) is 5.69 Å². The van der Waals surface area contributed by atoms with E-state index in [-0.39, 0.29) is 12.0 Å². The van der Waals surface area contributed by atoms with Crippen molar-refractivity contribution in [3.05, 3.63) is 53.6 Å². The van der Waals surface area contributed by atoms with Crippen molar-refractivity contribution in [1.82, 2.24) is 15.1 Å². The van der Waals surface area contributed by atoms with Crippen molar-refractivity contribution in [2.45, 2.75) is 18.9 Å². The first-order valence-electron chi connectivity index (χ1n) is 9.31. The normalized spacial score (nSPS) is 16.4. The molecule has 2 aromatic heterocycles. The number of carbonyl (C=O) groups is 1. The molecule has 0 spiro atoms. The number of hydrogen-bond acceptors (Lipinski definition) is 5. The van der Waals surface area contributed by atoms with E-state index in [1.165, 1.54) is 0 Å². The van der Waals surface area contributed by atoms with Gasteiger partial charge in [-0.1, -0.05) is 22.8 Å². The molecule has 1 fully saturated rings. The Morgan fingerprint density at radius 2 is 2.14 bits per heavy atom. The Labute approximate surface area is 171 Å². The number of ether oxygens (including phenoxy) is 1. The van der Waals surface area contributed by atoms with Gasteiger partial charge in [0.1, 0.15) is 6.10 Å². The molecule has 0 saturated carbocycles. The number of hydrogen-bond donors (Lipinski definition) is 2. The lowest BCUT2D eigenvalue weighted by Crippen LogP contribution is -2.26. The largest absolute Gasteiger partial charge is 0.368 e. The first-order valence-corrected chi connectivity index (χ1v) is 9.69. The van der Waals surface area contributed by atoms with Crippen LogP contribution in [-0.4, -0.2) is 33.7 Å². The molecule has 0 radical (unpaired) electrons. The van der Waals surface area contributed by atoms with Crippen molar-refractivity contribution >= 4 is 34.1 Å². The molecule has 4 aromatic rings. The zero-order valence-corrected chi connectivity index (χ0v) is 16.1. The van der Waals surface area contributed by atoms with Gasteiger partial charge in [0.25, 0.3) is 11.8 Å². The number of aromatic amines is 1. The third-order valence-corrected chi connectivity index (χ3v) is 5.08. The fourth-order valence-corrected chi connectivity index (χ4v) is 3.59. The lowest BCUT2D eigenvalue weighted by molar-refractivity contribution is -0.124. The molecule has 3 heterocycles. The van der Waals surface area contributed by atoms with Gasteiger partial charge in [-0.05, 0) is 55.3 Å². The predicted molar refractivity (Wildman–Crippen MR) is 110 cm³/mol. The maximum Gasteiger partial charge on any atom is 0.258 e. The topological polar surface area (TPSA) is 93.0 Å². The molecule has 2 aromatic carbocycles.